The first-order chi connectivity index (χ1) is 9.84. The maximum atomic E-state index is 12.3. The number of hydrogen-bond acceptors (Lipinski definition) is 2. The highest BCUT2D eigenvalue weighted by molar-refractivity contribution is 5.86. The van der Waals surface area contributed by atoms with Gasteiger partial charge in [0.15, 0.2) is 0 Å². The number of fused-ring (bicyclic) bond motifs is 2. The van der Waals surface area contributed by atoms with Crippen LogP contribution in [-0.4, -0.2) is 5.78 Å². The molecule has 1 aliphatic carbocycles. The minimum atomic E-state index is 0.152. The fourth-order valence-corrected chi connectivity index (χ4v) is 3.71. The van der Waals surface area contributed by atoms with Crippen molar-refractivity contribution in [2.75, 3.05) is 5.32 Å². The van der Waals surface area contributed by atoms with E-state index in [0.29, 0.717) is 5.78 Å². The van der Waals surface area contributed by atoms with E-state index in [0.717, 1.165) is 30.6 Å². The number of para-hydroxylation sites is 2. The van der Waals surface area contributed by atoms with Crippen molar-refractivity contribution in [2.45, 2.75) is 25.2 Å². The normalized spacial score (nSPS) is 21.2. The molecule has 1 atom stereocenters. The number of nitrogens with one attached hydrogen (secondary N) is 1. The van der Waals surface area contributed by atoms with E-state index in [1.54, 1.807) is 0 Å². The molecule has 0 spiro atoms. The molecule has 1 unspecified atom stereocenters. The number of ketones is 1. The van der Waals surface area contributed by atoms with Gasteiger partial charge in [-0.25, -0.2) is 0 Å². The molecule has 4 rings (SSSR count). The monoisotopic (exact) mass is 263 g/mol. The molecule has 2 aromatic rings. The fraction of sp³-hybridized carbons (Fsp3) is 0.278. The lowest BCUT2D eigenvalue weighted by Gasteiger charge is -2.32. The Hall–Kier alpha value is -2.09. The van der Waals surface area contributed by atoms with Gasteiger partial charge >= 0.3 is 0 Å². The number of carbonyl (C=O) groups is 1. The summed E-state index contributed by atoms with van der Waals surface area (Å²) in [6.45, 7) is 0. The Bertz CT molecular complexity index is 631. The van der Waals surface area contributed by atoms with E-state index in [2.05, 4.69) is 41.7 Å². The maximum absolute atomic E-state index is 12.3. The molecule has 0 aromatic heterocycles. The van der Waals surface area contributed by atoms with E-state index < -0.39 is 0 Å². The maximum Gasteiger partial charge on any atom is 0.136 e. The topological polar surface area (TPSA) is 29.1 Å². The molecule has 0 radical (unpaired) electrons. The van der Waals surface area contributed by atoms with E-state index in [9.17, 15) is 4.79 Å². The van der Waals surface area contributed by atoms with Crippen LogP contribution in [0.3, 0.4) is 0 Å². The highest BCUT2D eigenvalue weighted by Crippen LogP contribution is 2.48. The second-order valence-electron chi connectivity index (χ2n) is 5.74. The van der Waals surface area contributed by atoms with Gasteiger partial charge in [0.25, 0.3) is 0 Å². The van der Waals surface area contributed by atoms with Crippen molar-refractivity contribution in [3.63, 3.8) is 0 Å². The lowest BCUT2D eigenvalue weighted by atomic mass is 9.76. The van der Waals surface area contributed by atoms with Gasteiger partial charge in [-0.05, 0) is 36.1 Å². The zero-order valence-electron chi connectivity index (χ0n) is 11.3. The molecule has 1 fully saturated rings. The van der Waals surface area contributed by atoms with Crippen molar-refractivity contribution in [3.8, 4) is 0 Å². The molecule has 1 aliphatic heterocycles. The third kappa shape index (κ3) is 1.68. The number of Topliss-reactive ketones (excluding diaryl/α,β-unsaturated/α-hetero) is 1. The summed E-state index contributed by atoms with van der Waals surface area (Å²) < 4.78 is 0. The van der Waals surface area contributed by atoms with Crippen molar-refractivity contribution in [3.05, 3.63) is 59.7 Å². The largest absolute Gasteiger partial charge is 0.355 e. The van der Waals surface area contributed by atoms with E-state index in [4.69, 9.17) is 0 Å². The smallest absolute Gasteiger partial charge is 0.136 e. The van der Waals surface area contributed by atoms with Gasteiger partial charge in [-0.1, -0.05) is 36.4 Å². The van der Waals surface area contributed by atoms with Crippen LogP contribution in [0.2, 0.25) is 0 Å². The second kappa shape index (κ2) is 4.48. The third-order valence-corrected chi connectivity index (χ3v) is 4.62. The summed E-state index contributed by atoms with van der Waals surface area (Å²) in [6, 6.07) is 16.8. The zero-order chi connectivity index (χ0) is 13.5. The van der Waals surface area contributed by atoms with Crippen LogP contribution < -0.4 is 5.32 Å². The number of anilines is 2. The molecular formula is C18H17NO. The first-order valence-electron chi connectivity index (χ1n) is 7.32. The molecular weight excluding hydrogens is 246 g/mol. The number of rotatable bonds is 1. The van der Waals surface area contributed by atoms with Crippen molar-refractivity contribution in [1.82, 2.24) is 0 Å². The second-order valence-corrected chi connectivity index (χ2v) is 5.74. The Morgan fingerprint density at radius 2 is 1.50 bits per heavy atom. The average molecular weight is 263 g/mol. The minimum absolute atomic E-state index is 0.152. The Balaban J connectivity index is 1.90. The molecule has 1 heterocycles. The third-order valence-electron chi connectivity index (χ3n) is 4.62. The first kappa shape index (κ1) is 11.7. The van der Waals surface area contributed by atoms with Gasteiger partial charge in [-0.3, -0.25) is 4.79 Å². The Morgan fingerprint density at radius 3 is 2.05 bits per heavy atom. The summed E-state index contributed by atoms with van der Waals surface area (Å²) in [5.41, 5.74) is 4.84. The predicted octanol–water partition coefficient (Wildman–Crippen LogP) is 4.24. The van der Waals surface area contributed by atoms with Gasteiger partial charge in [0.1, 0.15) is 5.78 Å². The molecule has 0 saturated heterocycles. The molecule has 0 bridgehead atoms. The highest BCUT2D eigenvalue weighted by atomic mass is 16.1. The Kier molecular flexibility index (Phi) is 2.62. The van der Waals surface area contributed by atoms with Crippen LogP contribution >= 0.6 is 0 Å². The number of benzene rings is 2. The minimum Gasteiger partial charge on any atom is -0.355 e. The summed E-state index contributed by atoms with van der Waals surface area (Å²) >= 11 is 0. The van der Waals surface area contributed by atoms with Gasteiger partial charge in [0, 0.05) is 29.6 Å². The molecule has 1 N–H and O–H groups in total. The molecule has 2 heteroatoms. The quantitative estimate of drug-likeness (QED) is 0.833. The number of hydrogen-bond donors (Lipinski definition) is 1. The van der Waals surface area contributed by atoms with Gasteiger partial charge in [0.2, 0.25) is 0 Å². The molecule has 2 aliphatic rings. The SMILES string of the molecule is O=C1CCCC1C1c2ccccc2Nc2ccccc21. The van der Waals surface area contributed by atoms with Crippen LogP contribution in [0.25, 0.3) is 0 Å². The lowest BCUT2D eigenvalue weighted by molar-refractivity contribution is -0.121. The van der Waals surface area contributed by atoms with Crippen LogP contribution in [-0.2, 0) is 4.79 Å². The highest BCUT2D eigenvalue weighted by Gasteiger charge is 2.37. The van der Waals surface area contributed by atoms with Gasteiger partial charge in [-0.15, -0.1) is 0 Å². The van der Waals surface area contributed by atoms with Crippen LogP contribution in [0.15, 0.2) is 48.5 Å². The zero-order valence-corrected chi connectivity index (χ0v) is 11.3. The van der Waals surface area contributed by atoms with Crippen LogP contribution in [0, 0.1) is 5.92 Å². The van der Waals surface area contributed by atoms with Crippen LogP contribution in [0.1, 0.15) is 36.3 Å². The fourth-order valence-electron chi connectivity index (χ4n) is 3.71. The van der Waals surface area contributed by atoms with Gasteiger partial charge < -0.3 is 5.32 Å². The van der Waals surface area contributed by atoms with Crippen molar-refractivity contribution < 1.29 is 4.79 Å². The predicted molar refractivity (Wildman–Crippen MR) is 80.4 cm³/mol. The number of carbonyl (C=O) groups excluding carboxylic acids is 1. The van der Waals surface area contributed by atoms with E-state index in [1.165, 1.54) is 11.1 Å². The summed E-state index contributed by atoms with van der Waals surface area (Å²) in [5.74, 6) is 0.805. The summed E-state index contributed by atoms with van der Waals surface area (Å²) in [5, 5.41) is 3.50. The molecule has 2 aromatic carbocycles. The molecule has 2 nitrogen and oxygen atoms in total. The van der Waals surface area contributed by atoms with Crippen molar-refractivity contribution in [1.29, 1.82) is 0 Å². The summed E-state index contributed by atoms with van der Waals surface area (Å²) in [4.78, 5) is 12.3. The Labute approximate surface area is 118 Å². The van der Waals surface area contributed by atoms with Crippen molar-refractivity contribution in [2.24, 2.45) is 5.92 Å². The average Bonchev–Trinajstić information content (AvgIpc) is 2.90. The first-order valence-corrected chi connectivity index (χ1v) is 7.32. The van der Waals surface area contributed by atoms with Gasteiger partial charge in [-0.2, -0.15) is 0 Å². The van der Waals surface area contributed by atoms with Crippen molar-refractivity contribution >= 4 is 17.2 Å². The van der Waals surface area contributed by atoms with E-state index in [1.807, 2.05) is 12.1 Å². The van der Waals surface area contributed by atoms with E-state index in [-0.39, 0.29) is 11.8 Å². The summed E-state index contributed by atoms with van der Waals surface area (Å²) in [7, 11) is 0. The molecule has 20 heavy (non-hydrogen) atoms. The van der Waals surface area contributed by atoms with Crippen LogP contribution in [0.5, 0.6) is 0 Å². The molecule has 0 amide bonds. The lowest BCUT2D eigenvalue weighted by Crippen LogP contribution is -2.23. The van der Waals surface area contributed by atoms with Gasteiger partial charge in [0.05, 0.1) is 0 Å². The molecule has 1 saturated carbocycles. The van der Waals surface area contributed by atoms with Crippen LogP contribution in [0.4, 0.5) is 11.4 Å². The van der Waals surface area contributed by atoms with E-state index >= 15 is 0 Å². The standard InChI is InChI=1S/C18H17NO/c20-17-11-5-8-14(17)18-12-6-1-3-9-15(12)19-16-10-4-2-7-13(16)18/h1-4,6-7,9-10,14,18-19H,5,8,11H2. The Morgan fingerprint density at radius 1 is 0.900 bits per heavy atom. The molecule has 100 valence electrons. The summed E-state index contributed by atoms with van der Waals surface area (Å²) in [6.07, 6.45) is 2.81.